The molecule has 2 N–H and O–H groups in total. The Morgan fingerprint density at radius 1 is 1.59 bits per heavy atom. The van der Waals surface area contributed by atoms with Crippen LogP contribution in [-0.4, -0.2) is 60.6 Å². The largest absolute Gasteiger partial charge is 0.390 e. The van der Waals surface area contributed by atoms with Gasteiger partial charge in [-0.1, -0.05) is 6.08 Å². The molecule has 2 aliphatic rings. The maximum absolute atomic E-state index is 10.7. The minimum absolute atomic E-state index is 0.0780. The fraction of sp³-hybridized carbons (Fsp3) is 0.833. The van der Waals surface area contributed by atoms with Crippen LogP contribution in [0.25, 0.3) is 0 Å². The summed E-state index contributed by atoms with van der Waals surface area (Å²) in [5, 5.41) is 20.7. The number of methoxy groups -OCH3 is 1. The predicted molar refractivity (Wildman–Crippen MR) is 60.7 cm³/mol. The van der Waals surface area contributed by atoms with E-state index in [4.69, 9.17) is 14.2 Å². The molecule has 98 valence electrons. The van der Waals surface area contributed by atoms with E-state index < -0.39 is 23.4 Å². The first kappa shape index (κ1) is 13.0. The molecule has 1 aliphatic heterocycles. The second-order valence-corrected chi connectivity index (χ2v) is 4.77. The van der Waals surface area contributed by atoms with E-state index in [0.29, 0.717) is 26.1 Å². The summed E-state index contributed by atoms with van der Waals surface area (Å²) in [6.45, 7) is 4.48. The summed E-state index contributed by atoms with van der Waals surface area (Å²) in [5.41, 5.74) is -1.89. The van der Waals surface area contributed by atoms with Crippen LogP contribution in [0.4, 0.5) is 0 Å². The topological polar surface area (TPSA) is 71.5 Å². The van der Waals surface area contributed by atoms with E-state index in [0.717, 1.165) is 0 Å². The molecule has 0 bridgehead atoms. The van der Waals surface area contributed by atoms with Crippen molar-refractivity contribution in [1.82, 2.24) is 0 Å². The smallest absolute Gasteiger partial charge is 0.147 e. The zero-order valence-electron chi connectivity index (χ0n) is 10.1. The molecule has 2 fully saturated rings. The molecule has 0 amide bonds. The molecule has 0 aromatic carbocycles. The van der Waals surface area contributed by atoms with Crippen LogP contribution in [-0.2, 0) is 14.2 Å². The van der Waals surface area contributed by atoms with Crippen molar-refractivity contribution in [3.8, 4) is 0 Å². The Hall–Kier alpha value is -0.460. The third kappa shape index (κ3) is 2.02. The summed E-state index contributed by atoms with van der Waals surface area (Å²) in [7, 11) is 1.48. The molecule has 17 heavy (non-hydrogen) atoms. The normalized spacial score (nSPS) is 44.9. The lowest BCUT2D eigenvalue weighted by Crippen LogP contribution is -2.65. The third-order valence-corrected chi connectivity index (χ3v) is 3.76. The average molecular weight is 244 g/mol. The molecule has 0 radical (unpaired) electrons. The highest BCUT2D eigenvalue weighted by atomic mass is 16.6. The van der Waals surface area contributed by atoms with Gasteiger partial charge in [0, 0.05) is 7.11 Å². The van der Waals surface area contributed by atoms with Gasteiger partial charge in [-0.3, -0.25) is 0 Å². The van der Waals surface area contributed by atoms with E-state index in [1.165, 1.54) is 7.11 Å². The van der Waals surface area contributed by atoms with Crippen molar-refractivity contribution in [2.45, 2.75) is 36.3 Å². The van der Waals surface area contributed by atoms with Gasteiger partial charge in [0.05, 0.1) is 25.9 Å². The van der Waals surface area contributed by atoms with E-state index in [1.54, 1.807) is 6.08 Å². The van der Waals surface area contributed by atoms with Gasteiger partial charge in [0.2, 0.25) is 0 Å². The summed E-state index contributed by atoms with van der Waals surface area (Å²) in [6, 6.07) is 0. The average Bonchev–Trinajstić information content (AvgIpc) is 3.07. The van der Waals surface area contributed by atoms with Crippen LogP contribution in [0.5, 0.6) is 0 Å². The molecule has 1 saturated heterocycles. The fourth-order valence-electron chi connectivity index (χ4n) is 2.67. The molecule has 5 nitrogen and oxygen atoms in total. The highest BCUT2D eigenvalue weighted by molar-refractivity contribution is 5.17. The second kappa shape index (κ2) is 4.66. The monoisotopic (exact) mass is 244 g/mol. The minimum Gasteiger partial charge on any atom is -0.390 e. The van der Waals surface area contributed by atoms with Gasteiger partial charge in [0.25, 0.3) is 0 Å². The Balaban J connectivity index is 2.13. The molecule has 1 aliphatic carbocycles. The summed E-state index contributed by atoms with van der Waals surface area (Å²) in [4.78, 5) is 0. The SMILES string of the molecule is C=CCOC[C@@]1(O)[C@H](OC)[C@H](O)CC[C@]12CO2. The molecule has 4 atom stereocenters. The molecule has 0 unspecified atom stereocenters. The molecular weight excluding hydrogens is 224 g/mol. The van der Waals surface area contributed by atoms with Gasteiger partial charge in [0.15, 0.2) is 0 Å². The van der Waals surface area contributed by atoms with Gasteiger partial charge in [0.1, 0.15) is 17.3 Å². The molecule has 0 aromatic rings. The van der Waals surface area contributed by atoms with Gasteiger partial charge < -0.3 is 24.4 Å². The number of aliphatic hydroxyl groups excluding tert-OH is 1. The van der Waals surface area contributed by atoms with Gasteiger partial charge in [-0.05, 0) is 12.8 Å². The minimum atomic E-state index is -1.29. The molecule has 0 aromatic heterocycles. The lowest BCUT2D eigenvalue weighted by atomic mass is 9.72. The standard InChI is InChI=1S/C12H20O5/c1-3-6-16-8-12(14)10(15-2)9(13)4-5-11(12)7-17-11/h3,9-10,13-14H,1,4-8H2,2H3/t9-,10-,11+,12-/m1/s1. The Morgan fingerprint density at radius 2 is 2.29 bits per heavy atom. The van der Waals surface area contributed by atoms with Crippen molar-refractivity contribution in [1.29, 1.82) is 0 Å². The summed E-state index contributed by atoms with van der Waals surface area (Å²) >= 11 is 0. The maximum atomic E-state index is 10.7. The van der Waals surface area contributed by atoms with Crippen LogP contribution in [0.15, 0.2) is 12.7 Å². The van der Waals surface area contributed by atoms with Crippen LogP contribution < -0.4 is 0 Å². The lowest BCUT2D eigenvalue weighted by Gasteiger charge is -2.45. The Bertz CT molecular complexity index is 289. The van der Waals surface area contributed by atoms with Crippen LogP contribution in [0.3, 0.4) is 0 Å². The molecule has 5 heteroatoms. The number of aliphatic hydroxyl groups is 2. The Morgan fingerprint density at radius 3 is 2.82 bits per heavy atom. The van der Waals surface area contributed by atoms with Crippen molar-refractivity contribution in [3.05, 3.63) is 12.7 Å². The van der Waals surface area contributed by atoms with E-state index >= 15 is 0 Å². The van der Waals surface area contributed by atoms with Crippen LogP contribution >= 0.6 is 0 Å². The molecular formula is C12H20O5. The quantitative estimate of drug-likeness (QED) is 0.400. The maximum Gasteiger partial charge on any atom is 0.147 e. The number of epoxide rings is 1. The first-order valence-corrected chi connectivity index (χ1v) is 5.85. The van der Waals surface area contributed by atoms with Gasteiger partial charge in [-0.2, -0.15) is 0 Å². The summed E-state index contributed by atoms with van der Waals surface area (Å²) in [6.07, 6.45) is 1.45. The second-order valence-electron chi connectivity index (χ2n) is 4.77. The van der Waals surface area contributed by atoms with Crippen molar-refractivity contribution in [3.63, 3.8) is 0 Å². The van der Waals surface area contributed by atoms with Crippen molar-refractivity contribution in [2.24, 2.45) is 0 Å². The molecule has 1 saturated carbocycles. The zero-order valence-corrected chi connectivity index (χ0v) is 10.1. The highest BCUT2D eigenvalue weighted by Gasteiger charge is 2.68. The van der Waals surface area contributed by atoms with E-state index in [2.05, 4.69) is 6.58 Å². The number of rotatable bonds is 5. The van der Waals surface area contributed by atoms with E-state index in [1.807, 2.05) is 0 Å². The number of ether oxygens (including phenoxy) is 3. The van der Waals surface area contributed by atoms with Crippen LogP contribution in [0, 0.1) is 0 Å². The van der Waals surface area contributed by atoms with E-state index in [9.17, 15) is 10.2 Å². The van der Waals surface area contributed by atoms with Crippen LogP contribution in [0.1, 0.15) is 12.8 Å². The summed E-state index contributed by atoms with van der Waals surface area (Å²) < 4.78 is 16.0. The first-order valence-electron chi connectivity index (χ1n) is 5.85. The van der Waals surface area contributed by atoms with Crippen molar-refractivity contribution < 1.29 is 24.4 Å². The Kier molecular flexibility index (Phi) is 3.56. The lowest BCUT2D eigenvalue weighted by molar-refractivity contribution is -0.217. The predicted octanol–water partition coefficient (Wildman–Crippen LogP) is -0.141. The van der Waals surface area contributed by atoms with E-state index in [-0.39, 0.29) is 6.61 Å². The first-order chi connectivity index (χ1) is 8.09. The highest BCUT2D eigenvalue weighted by Crippen LogP contribution is 2.49. The zero-order chi connectivity index (χ0) is 12.5. The summed E-state index contributed by atoms with van der Waals surface area (Å²) in [5.74, 6) is 0. The van der Waals surface area contributed by atoms with Crippen molar-refractivity contribution >= 4 is 0 Å². The third-order valence-electron chi connectivity index (χ3n) is 3.76. The fourth-order valence-corrected chi connectivity index (χ4v) is 2.67. The number of hydrogen-bond donors (Lipinski definition) is 2. The molecule has 1 heterocycles. The number of hydrogen-bond acceptors (Lipinski definition) is 5. The molecule has 2 rings (SSSR count). The molecule has 1 spiro atoms. The van der Waals surface area contributed by atoms with Crippen molar-refractivity contribution in [2.75, 3.05) is 26.9 Å². The van der Waals surface area contributed by atoms with Gasteiger partial charge in [-0.15, -0.1) is 6.58 Å². The Labute approximate surface area is 101 Å². The van der Waals surface area contributed by atoms with Gasteiger partial charge in [-0.25, -0.2) is 0 Å². The van der Waals surface area contributed by atoms with Gasteiger partial charge >= 0.3 is 0 Å². The van der Waals surface area contributed by atoms with Crippen LogP contribution in [0.2, 0.25) is 0 Å².